The predicted molar refractivity (Wildman–Crippen MR) is 84.4 cm³/mol. The number of nitrogens with one attached hydrogen (secondary N) is 1. The molecule has 0 aliphatic carbocycles. The maximum absolute atomic E-state index is 7.67. The van der Waals surface area contributed by atoms with Gasteiger partial charge in [-0.2, -0.15) is 0 Å². The van der Waals surface area contributed by atoms with Crippen molar-refractivity contribution >= 4 is 33.1 Å². The van der Waals surface area contributed by atoms with Crippen LogP contribution >= 0.6 is 15.9 Å². The predicted octanol–water partition coefficient (Wildman–Crippen LogP) is 3.81. The summed E-state index contributed by atoms with van der Waals surface area (Å²) >= 11 is 3.46. The molecule has 4 heteroatoms. The molecule has 0 fully saturated rings. The van der Waals surface area contributed by atoms with Crippen molar-refractivity contribution in [3.63, 3.8) is 0 Å². The summed E-state index contributed by atoms with van der Waals surface area (Å²) in [4.78, 5) is 2.03. The summed E-state index contributed by atoms with van der Waals surface area (Å²) in [5, 5.41) is 7.67. The molecule has 2 aromatic rings. The Morgan fingerprint density at radius 2 is 1.79 bits per heavy atom. The molecule has 2 aromatic carbocycles. The van der Waals surface area contributed by atoms with Crippen molar-refractivity contribution in [2.75, 3.05) is 11.9 Å². The average molecular weight is 318 g/mol. The number of anilines is 2. The molecule has 0 radical (unpaired) electrons. The van der Waals surface area contributed by atoms with Crippen LogP contribution in [-0.2, 0) is 0 Å². The van der Waals surface area contributed by atoms with Gasteiger partial charge in [0.25, 0.3) is 0 Å². The Morgan fingerprint density at radius 1 is 1.16 bits per heavy atom. The third-order valence-electron chi connectivity index (χ3n) is 3.03. The van der Waals surface area contributed by atoms with Gasteiger partial charge < -0.3 is 10.6 Å². The minimum absolute atomic E-state index is 0.0708. The van der Waals surface area contributed by atoms with Crippen molar-refractivity contribution in [1.82, 2.24) is 0 Å². The summed E-state index contributed by atoms with van der Waals surface area (Å²) in [7, 11) is 1.97. The summed E-state index contributed by atoms with van der Waals surface area (Å²) in [6, 6.07) is 14.0. The van der Waals surface area contributed by atoms with E-state index in [-0.39, 0.29) is 5.84 Å². The van der Waals surface area contributed by atoms with Gasteiger partial charge in [0.05, 0.1) is 5.69 Å². The van der Waals surface area contributed by atoms with Gasteiger partial charge in [0.15, 0.2) is 0 Å². The lowest BCUT2D eigenvalue weighted by molar-refractivity contribution is 1.19. The normalized spacial score (nSPS) is 10.3. The van der Waals surface area contributed by atoms with Crippen LogP contribution in [0.15, 0.2) is 46.9 Å². The average Bonchev–Trinajstić information content (AvgIpc) is 2.38. The molecule has 0 amide bonds. The van der Waals surface area contributed by atoms with Gasteiger partial charge in [0.2, 0.25) is 0 Å². The molecular formula is C15H16BrN3. The molecule has 0 bridgehead atoms. The topological polar surface area (TPSA) is 53.1 Å². The summed E-state index contributed by atoms with van der Waals surface area (Å²) < 4.78 is 0.964. The first kappa shape index (κ1) is 13.6. The minimum atomic E-state index is 0.0708. The summed E-state index contributed by atoms with van der Waals surface area (Å²) in [5.41, 5.74) is 9.56. The molecule has 3 N–H and O–H groups in total. The van der Waals surface area contributed by atoms with Crippen molar-refractivity contribution in [2.45, 2.75) is 6.92 Å². The highest BCUT2D eigenvalue weighted by molar-refractivity contribution is 9.10. The second-order valence-electron chi connectivity index (χ2n) is 4.47. The molecule has 0 spiro atoms. The molecule has 19 heavy (non-hydrogen) atoms. The summed E-state index contributed by atoms with van der Waals surface area (Å²) in [6.45, 7) is 2.06. The highest BCUT2D eigenvalue weighted by Crippen LogP contribution is 2.29. The lowest BCUT2D eigenvalue weighted by Gasteiger charge is -2.22. The van der Waals surface area contributed by atoms with Crippen molar-refractivity contribution in [3.8, 4) is 0 Å². The van der Waals surface area contributed by atoms with Crippen molar-refractivity contribution in [3.05, 3.63) is 58.1 Å². The highest BCUT2D eigenvalue weighted by Gasteiger charge is 2.11. The van der Waals surface area contributed by atoms with Gasteiger partial charge >= 0.3 is 0 Å². The van der Waals surface area contributed by atoms with Crippen LogP contribution in [0.4, 0.5) is 11.4 Å². The van der Waals surface area contributed by atoms with Crippen LogP contribution in [0.3, 0.4) is 0 Å². The number of benzene rings is 2. The number of hydrogen-bond donors (Lipinski definition) is 2. The van der Waals surface area contributed by atoms with Crippen LogP contribution in [0.5, 0.6) is 0 Å². The van der Waals surface area contributed by atoms with Gasteiger partial charge in [-0.3, -0.25) is 5.41 Å². The molecule has 0 unspecified atom stereocenters. The number of nitrogens with zero attached hydrogens (tertiary/aromatic N) is 1. The number of amidine groups is 1. The van der Waals surface area contributed by atoms with E-state index in [2.05, 4.69) is 47.1 Å². The molecule has 0 aliphatic heterocycles. The van der Waals surface area contributed by atoms with Gasteiger partial charge in [-0.25, -0.2) is 0 Å². The van der Waals surface area contributed by atoms with E-state index in [1.165, 1.54) is 5.56 Å². The zero-order valence-electron chi connectivity index (χ0n) is 10.9. The van der Waals surface area contributed by atoms with Crippen molar-refractivity contribution in [2.24, 2.45) is 5.73 Å². The fourth-order valence-corrected chi connectivity index (χ4v) is 2.27. The van der Waals surface area contributed by atoms with E-state index >= 15 is 0 Å². The molecule has 98 valence electrons. The molecule has 3 nitrogen and oxygen atoms in total. The lowest BCUT2D eigenvalue weighted by atomic mass is 10.1. The monoisotopic (exact) mass is 317 g/mol. The third kappa shape index (κ3) is 2.96. The third-order valence-corrected chi connectivity index (χ3v) is 3.53. The Balaban J connectivity index is 2.48. The van der Waals surface area contributed by atoms with E-state index in [1.54, 1.807) is 0 Å². The smallest absolute Gasteiger partial charge is 0.124 e. The fraction of sp³-hybridized carbons (Fsp3) is 0.133. The van der Waals surface area contributed by atoms with Crippen LogP contribution in [-0.4, -0.2) is 12.9 Å². The van der Waals surface area contributed by atoms with Crippen LogP contribution in [0, 0.1) is 12.3 Å². The Kier molecular flexibility index (Phi) is 3.90. The Labute approximate surface area is 121 Å². The van der Waals surface area contributed by atoms with Gasteiger partial charge in [-0.1, -0.05) is 33.6 Å². The van der Waals surface area contributed by atoms with E-state index in [9.17, 15) is 0 Å². The van der Waals surface area contributed by atoms with E-state index in [0.29, 0.717) is 0 Å². The van der Waals surface area contributed by atoms with Gasteiger partial charge in [-0.05, 0) is 37.3 Å². The Bertz CT molecular complexity index is 605. The van der Waals surface area contributed by atoms with Gasteiger partial charge in [-0.15, -0.1) is 0 Å². The molecular weight excluding hydrogens is 302 g/mol. The zero-order chi connectivity index (χ0) is 14.0. The standard InChI is InChI=1S/C15H16BrN3/c1-10-3-6-12(7-4-10)19(2)14-9-11(16)5-8-13(14)15(17)18/h3-9H,1-2H3,(H3,17,18). The number of nitrogen functional groups attached to an aromatic ring is 1. The lowest BCUT2D eigenvalue weighted by Crippen LogP contribution is -2.18. The second kappa shape index (κ2) is 5.45. The largest absolute Gasteiger partial charge is 0.384 e. The van der Waals surface area contributed by atoms with E-state index in [0.717, 1.165) is 21.4 Å². The molecule has 0 saturated heterocycles. The maximum atomic E-state index is 7.67. The van der Waals surface area contributed by atoms with E-state index in [1.807, 2.05) is 30.1 Å². The van der Waals surface area contributed by atoms with Crippen molar-refractivity contribution < 1.29 is 0 Å². The number of rotatable bonds is 3. The minimum Gasteiger partial charge on any atom is -0.384 e. The number of aryl methyl sites for hydroxylation is 1. The zero-order valence-corrected chi connectivity index (χ0v) is 12.5. The first-order valence-electron chi connectivity index (χ1n) is 5.93. The first-order chi connectivity index (χ1) is 8.99. The SMILES string of the molecule is Cc1ccc(N(C)c2cc(Br)ccc2C(=N)N)cc1. The van der Waals surface area contributed by atoms with Crippen LogP contribution in [0.1, 0.15) is 11.1 Å². The number of halogens is 1. The van der Waals surface area contributed by atoms with Gasteiger partial charge in [0, 0.05) is 22.8 Å². The fourth-order valence-electron chi connectivity index (χ4n) is 1.92. The molecule has 0 aliphatic rings. The summed E-state index contributed by atoms with van der Waals surface area (Å²) in [6.07, 6.45) is 0. The van der Waals surface area contributed by atoms with Crippen LogP contribution in [0.2, 0.25) is 0 Å². The first-order valence-corrected chi connectivity index (χ1v) is 6.72. The van der Waals surface area contributed by atoms with Crippen molar-refractivity contribution in [1.29, 1.82) is 5.41 Å². The van der Waals surface area contributed by atoms with E-state index < -0.39 is 0 Å². The number of hydrogen-bond acceptors (Lipinski definition) is 2. The van der Waals surface area contributed by atoms with E-state index in [4.69, 9.17) is 11.1 Å². The molecule has 0 heterocycles. The highest BCUT2D eigenvalue weighted by atomic mass is 79.9. The maximum Gasteiger partial charge on any atom is 0.124 e. The summed E-state index contributed by atoms with van der Waals surface area (Å²) in [5.74, 6) is 0.0708. The Morgan fingerprint density at radius 3 is 2.37 bits per heavy atom. The molecule has 2 rings (SSSR count). The number of nitrogens with two attached hydrogens (primary N) is 1. The molecule has 0 saturated carbocycles. The second-order valence-corrected chi connectivity index (χ2v) is 5.39. The molecule has 0 aromatic heterocycles. The van der Waals surface area contributed by atoms with Gasteiger partial charge in [0.1, 0.15) is 5.84 Å². The van der Waals surface area contributed by atoms with Crippen LogP contribution < -0.4 is 10.6 Å². The quantitative estimate of drug-likeness (QED) is 0.668. The molecule has 0 atom stereocenters. The Hall–Kier alpha value is -1.81. The van der Waals surface area contributed by atoms with Crippen LogP contribution in [0.25, 0.3) is 0 Å².